The van der Waals surface area contributed by atoms with Crippen molar-refractivity contribution in [2.75, 3.05) is 4.72 Å². The molecule has 0 saturated heterocycles. The van der Waals surface area contributed by atoms with E-state index in [2.05, 4.69) is 4.72 Å². The van der Waals surface area contributed by atoms with E-state index in [0.717, 1.165) is 16.9 Å². The summed E-state index contributed by atoms with van der Waals surface area (Å²) in [4.78, 5) is 0.151. The summed E-state index contributed by atoms with van der Waals surface area (Å²) in [6.07, 6.45) is 0. The molecule has 4 nitrogen and oxygen atoms in total. The van der Waals surface area contributed by atoms with Crippen molar-refractivity contribution in [3.63, 3.8) is 0 Å². The summed E-state index contributed by atoms with van der Waals surface area (Å²) in [5.74, 6) is 1.44. The van der Waals surface area contributed by atoms with Gasteiger partial charge in [0.2, 0.25) is 0 Å². The van der Waals surface area contributed by atoms with E-state index >= 15 is 0 Å². The summed E-state index contributed by atoms with van der Waals surface area (Å²) in [5.41, 5.74) is 2.53. The van der Waals surface area contributed by atoms with Gasteiger partial charge in [0.1, 0.15) is 11.5 Å². The van der Waals surface area contributed by atoms with Crippen LogP contribution < -0.4 is 9.46 Å². The lowest BCUT2D eigenvalue weighted by Gasteiger charge is -2.12. The van der Waals surface area contributed by atoms with Crippen molar-refractivity contribution < 1.29 is 13.2 Å². The largest absolute Gasteiger partial charge is 0.457 e. The maximum absolute atomic E-state index is 12.4. The van der Waals surface area contributed by atoms with Crippen molar-refractivity contribution in [2.45, 2.75) is 18.7 Å². The highest BCUT2D eigenvalue weighted by Gasteiger charge is 2.14. The smallest absolute Gasteiger partial charge is 0.261 e. The molecule has 0 unspecified atom stereocenters. The summed E-state index contributed by atoms with van der Waals surface area (Å²) in [7, 11) is -3.66. The van der Waals surface area contributed by atoms with Gasteiger partial charge in [-0.1, -0.05) is 29.8 Å². The van der Waals surface area contributed by atoms with E-state index in [0.29, 0.717) is 16.5 Å². The first-order chi connectivity index (χ1) is 12.3. The lowest BCUT2D eigenvalue weighted by Crippen LogP contribution is -2.12. The van der Waals surface area contributed by atoms with E-state index in [1.807, 2.05) is 32.0 Å². The van der Waals surface area contributed by atoms with E-state index in [9.17, 15) is 8.42 Å². The summed E-state index contributed by atoms with van der Waals surface area (Å²) in [6, 6.07) is 18.7. The molecule has 0 bridgehead atoms. The predicted molar refractivity (Wildman–Crippen MR) is 105 cm³/mol. The lowest BCUT2D eigenvalue weighted by molar-refractivity contribution is 0.475. The maximum atomic E-state index is 12.4. The highest BCUT2D eigenvalue weighted by molar-refractivity contribution is 7.92. The molecule has 0 fully saturated rings. The maximum Gasteiger partial charge on any atom is 0.261 e. The Bertz CT molecular complexity index is 994. The highest BCUT2D eigenvalue weighted by Crippen LogP contribution is 2.29. The number of para-hydroxylation sites is 1. The second kappa shape index (κ2) is 7.40. The molecule has 0 spiro atoms. The fourth-order valence-corrected chi connectivity index (χ4v) is 3.68. The number of anilines is 1. The fraction of sp³-hybridized carbons (Fsp3) is 0.100. The predicted octanol–water partition coefficient (Wildman–Crippen LogP) is 5.55. The zero-order chi connectivity index (χ0) is 18.7. The van der Waals surface area contributed by atoms with Crippen LogP contribution in [0.4, 0.5) is 5.69 Å². The third kappa shape index (κ3) is 4.18. The molecule has 26 heavy (non-hydrogen) atoms. The summed E-state index contributed by atoms with van der Waals surface area (Å²) in [6.45, 7) is 3.97. The molecule has 0 amide bonds. The number of hydrogen-bond donors (Lipinski definition) is 1. The van der Waals surface area contributed by atoms with Gasteiger partial charge < -0.3 is 4.74 Å². The third-order valence-corrected chi connectivity index (χ3v) is 5.51. The van der Waals surface area contributed by atoms with Gasteiger partial charge in [0.25, 0.3) is 10.0 Å². The Hall–Kier alpha value is -2.50. The van der Waals surface area contributed by atoms with Gasteiger partial charge in [0, 0.05) is 10.7 Å². The first kappa shape index (κ1) is 18.3. The molecule has 0 atom stereocenters. The zero-order valence-electron chi connectivity index (χ0n) is 14.4. The topological polar surface area (TPSA) is 55.4 Å². The molecule has 6 heteroatoms. The van der Waals surface area contributed by atoms with Crippen LogP contribution >= 0.6 is 11.6 Å². The van der Waals surface area contributed by atoms with Gasteiger partial charge in [-0.25, -0.2) is 8.42 Å². The van der Waals surface area contributed by atoms with Gasteiger partial charge in [-0.05, 0) is 73.5 Å². The number of rotatable bonds is 5. The number of aryl methyl sites for hydroxylation is 2. The quantitative estimate of drug-likeness (QED) is 0.624. The molecular weight excluding hydrogens is 370 g/mol. The molecular formula is C20H18ClNO3S. The molecule has 134 valence electrons. The molecule has 0 radical (unpaired) electrons. The van der Waals surface area contributed by atoms with Crippen LogP contribution in [0.2, 0.25) is 5.02 Å². The summed E-state index contributed by atoms with van der Waals surface area (Å²) in [5, 5.41) is 0.483. The molecule has 0 aliphatic rings. The van der Waals surface area contributed by atoms with Crippen molar-refractivity contribution >= 4 is 27.3 Å². The molecule has 0 saturated carbocycles. The molecule has 3 aromatic carbocycles. The Kier molecular flexibility index (Phi) is 5.20. The SMILES string of the molecule is Cc1cccc(C)c1Oc1ccc(NS(=O)(=O)c2ccc(Cl)cc2)cc1. The number of ether oxygens (including phenoxy) is 1. The van der Waals surface area contributed by atoms with Crippen LogP contribution in [0.1, 0.15) is 11.1 Å². The van der Waals surface area contributed by atoms with Gasteiger partial charge >= 0.3 is 0 Å². The third-order valence-electron chi connectivity index (χ3n) is 3.86. The highest BCUT2D eigenvalue weighted by atomic mass is 35.5. The van der Waals surface area contributed by atoms with E-state index in [-0.39, 0.29) is 4.90 Å². The van der Waals surface area contributed by atoms with Crippen LogP contribution in [0.5, 0.6) is 11.5 Å². The second-order valence-electron chi connectivity index (χ2n) is 5.91. The molecule has 3 rings (SSSR count). The van der Waals surface area contributed by atoms with Crippen LogP contribution in [0.15, 0.2) is 71.6 Å². The van der Waals surface area contributed by atoms with Gasteiger partial charge in [-0.3, -0.25) is 4.72 Å². The standard InChI is InChI=1S/C20H18ClNO3S/c1-14-4-3-5-15(2)20(14)25-18-10-8-17(9-11-18)22-26(23,24)19-12-6-16(21)7-13-19/h3-13,22H,1-2H3. The Balaban J connectivity index is 1.76. The monoisotopic (exact) mass is 387 g/mol. The van der Waals surface area contributed by atoms with Crippen molar-refractivity contribution in [1.29, 1.82) is 0 Å². The normalized spacial score (nSPS) is 11.2. The van der Waals surface area contributed by atoms with Gasteiger partial charge in [0.05, 0.1) is 4.90 Å². The molecule has 0 aromatic heterocycles. The van der Waals surface area contributed by atoms with Gasteiger partial charge in [0.15, 0.2) is 0 Å². The lowest BCUT2D eigenvalue weighted by atomic mass is 10.1. The average molecular weight is 388 g/mol. The number of nitrogens with one attached hydrogen (secondary N) is 1. The minimum atomic E-state index is -3.66. The Labute approximate surface area is 158 Å². The zero-order valence-corrected chi connectivity index (χ0v) is 15.9. The summed E-state index contributed by atoms with van der Waals surface area (Å²) >= 11 is 5.80. The Morgan fingerprint density at radius 2 is 1.42 bits per heavy atom. The molecule has 0 aliphatic heterocycles. The average Bonchev–Trinajstić information content (AvgIpc) is 2.60. The fourth-order valence-electron chi connectivity index (χ4n) is 2.50. The van der Waals surface area contributed by atoms with Crippen LogP contribution in [0.3, 0.4) is 0 Å². The van der Waals surface area contributed by atoms with Gasteiger partial charge in [-0.2, -0.15) is 0 Å². The van der Waals surface area contributed by atoms with Crippen molar-refractivity contribution in [3.05, 3.63) is 82.9 Å². The van der Waals surface area contributed by atoms with Gasteiger partial charge in [-0.15, -0.1) is 0 Å². The summed E-state index contributed by atoms with van der Waals surface area (Å²) < 4.78 is 33.3. The molecule has 0 aliphatic carbocycles. The minimum absolute atomic E-state index is 0.151. The number of benzene rings is 3. The molecule has 1 N–H and O–H groups in total. The van der Waals surface area contributed by atoms with Crippen molar-refractivity contribution in [1.82, 2.24) is 0 Å². The Morgan fingerprint density at radius 3 is 2.00 bits per heavy atom. The van der Waals surface area contributed by atoms with E-state index in [4.69, 9.17) is 16.3 Å². The van der Waals surface area contributed by atoms with Crippen molar-refractivity contribution in [2.24, 2.45) is 0 Å². The molecule has 3 aromatic rings. The van der Waals surface area contributed by atoms with E-state index in [1.165, 1.54) is 24.3 Å². The van der Waals surface area contributed by atoms with E-state index in [1.54, 1.807) is 24.3 Å². The minimum Gasteiger partial charge on any atom is -0.457 e. The first-order valence-corrected chi connectivity index (χ1v) is 9.84. The van der Waals surface area contributed by atoms with Crippen molar-refractivity contribution in [3.8, 4) is 11.5 Å². The van der Waals surface area contributed by atoms with Crippen LogP contribution in [-0.2, 0) is 10.0 Å². The van der Waals surface area contributed by atoms with E-state index < -0.39 is 10.0 Å². The number of halogens is 1. The number of hydrogen-bond acceptors (Lipinski definition) is 3. The number of sulfonamides is 1. The Morgan fingerprint density at radius 1 is 0.846 bits per heavy atom. The van der Waals surface area contributed by atoms with Crippen LogP contribution in [-0.4, -0.2) is 8.42 Å². The first-order valence-electron chi connectivity index (χ1n) is 7.98. The van der Waals surface area contributed by atoms with Crippen LogP contribution in [0.25, 0.3) is 0 Å². The molecule has 0 heterocycles. The van der Waals surface area contributed by atoms with Crippen LogP contribution in [0, 0.1) is 13.8 Å². The second-order valence-corrected chi connectivity index (χ2v) is 8.03.